The van der Waals surface area contributed by atoms with Crippen molar-refractivity contribution in [1.29, 1.82) is 0 Å². The van der Waals surface area contributed by atoms with Crippen LogP contribution in [0.25, 0.3) is 0 Å². The SMILES string of the molecule is CC1CC(c2ccccc2C(=O)O)CN1C(=O)OCc1ccccc1. The average molecular weight is 339 g/mol. The van der Waals surface area contributed by atoms with Crippen LogP contribution in [0.1, 0.15) is 40.7 Å². The summed E-state index contributed by atoms with van der Waals surface area (Å²) in [4.78, 5) is 25.5. The summed E-state index contributed by atoms with van der Waals surface area (Å²) in [6.07, 6.45) is 0.372. The second-order valence-electron chi connectivity index (χ2n) is 6.37. The summed E-state index contributed by atoms with van der Waals surface area (Å²) >= 11 is 0. The first-order valence-corrected chi connectivity index (χ1v) is 8.36. The molecular formula is C20H21NO4. The molecule has 5 nitrogen and oxygen atoms in total. The maximum atomic E-state index is 12.4. The molecule has 1 amide bonds. The molecule has 2 aromatic carbocycles. The van der Waals surface area contributed by atoms with Crippen molar-refractivity contribution in [3.8, 4) is 0 Å². The normalized spacial score (nSPS) is 19.6. The number of benzene rings is 2. The van der Waals surface area contributed by atoms with Crippen molar-refractivity contribution >= 4 is 12.1 Å². The Hall–Kier alpha value is -2.82. The van der Waals surface area contributed by atoms with Gasteiger partial charge in [0, 0.05) is 18.5 Å². The molecule has 1 aliphatic heterocycles. The number of ether oxygens (including phenoxy) is 1. The number of hydrogen-bond acceptors (Lipinski definition) is 3. The standard InChI is InChI=1S/C20H21NO4/c1-14-11-16(17-9-5-6-10-18(17)19(22)23)12-21(14)20(24)25-13-15-7-3-2-4-8-15/h2-10,14,16H,11-13H2,1H3,(H,22,23). The fourth-order valence-electron chi connectivity index (χ4n) is 3.36. The van der Waals surface area contributed by atoms with Crippen LogP contribution in [0.4, 0.5) is 4.79 Å². The Morgan fingerprint density at radius 1 is 1.12 bits per heavy atom. The summed E-state index contributed by atoms with van der Waals surface area (Å²) in [5, 5.41) is 9.37. The van der Waals surface area contributed by atoms with Crippen molar-refractivity contribution in [2.75, 3.05) is 6.54 Å². The van der Waals surface area contributed by atoms with Crippen LogP contribution in [0.3, 0.4) is 0 Å². The lowest BCUT2D eigenvalue weighted by atomic mass is 9.92. The maximum absolute atomic E-state index is 12.4. The van der Waals surface area contributed by atoms with Crippen LogP contribution in [-0.2, 0) is 11.3 Å². The predicted octanol–water partition coefficient (Wildman–Crippen LogP) is 3.90. The highest BCUT2D eigenvalue weighted by molar-refractivity contribution is 5.89. The molecule has 0 spiro atoms. The summed E-state index contributed by atoms with van der Waals surface area (Å²) in [5.41, 5.74) is 2.02. The summed E-state index contributed by atoms with van der Waals surface area (Å²) in [6, 6.07) is 16.5. The van der Waals surface area contributed by atoms with Crippen molar-refractivity contribution in [2.24, 2.45) is 0 Å². The second-order valence-corrected chi connectivity index (χ2v) is 6.37. The minimum Gasteiger partial charge on any atom is -0.478 e. The minimum absolute atomic E-state index is 0.00609. The summed E-state index contributed by atoms with van der Waals surface area (Å²) < 4.78 is 5.41. The Kier molecular flexibility index (Phi) is 5.03. The largest absolute Gasteiger partial charge is 0.478 e. The third-order valence-corrected chi connectivity index (χ3v) is 4.65. The fraction of sp³-hybridized carbons (Fsp3) is 0.300. The van der Waals surface area contributed by atoms with Gasteiger partial charge in [0.15, 0.2) is 0 Å². The summed E-state index contributed by atoms with van der Waals surface area (Å²) in [7, 11) is 0. The van der Waals surface area contributed by atoms with Crippen LogP contribution >= 0.6 is 0 Å². The molecule has 0 bridgehead atoms. The zero-order valence-electron chi connectivity index (χ0n) is 14.1. The quantitative estimate of drug-likeness (QED) is 0.917. The highest BCUT2D eigenvalue weighted by Gasteiger charge is 2.35. The molecule has 2 unspecified atom stereocenters. The Morgan fingerprint density at radius 3 is 2.52 bits per heavy atom. The van der Waals surface area contributed by atoms with Gasteiger partial charge in [-0.25, -0.2) is 9.59 Å². The van der Waals surface area contributed by atoms with Crippen LogP contribution in [-0.4, -0.2) is 34.7 Å². The molecule has 25 heavy (non-hydrogen) atoms. The number of aromatic carboxylic acids is 1. The van der Waals surface area contributed by atoms with Gasteiger partial charge in [-0.2, -0.15) is 0 Å². The van der Waals surface area contributed by atoms with Gasteiger partial charge >= 0.3 is 12.1 Å². The smallest absolute Gasteiger partial charge is 0.410 e. The highest BCUT2D eigenvalue weighted by atomic mass is 16.6. The number of hydrogen-bond donors (Lipinski definition) is 1. The van der Waals surface area contributed by atoms with Gasteiger partial charge in [-0.1, -0.05) is 48.5 Å². The number of carbonyl (C=O) groups is 2. The minimum atomic E-state index is -0.937. The van der Waals surface area contributed by atoms with Gasteiger partial charge < -0.3 is 14.7 Å². The molecule has 130 valence electrons. The highest BCUT2D eigenvalue weighted by Crippen LogP contribution is 2.33. The van der Waals surface area contributed by atoms with Crippen molar-refractivity contribution < 1.29 is 19.4 Å². The monoisotopic (exact) mass is 339 g/mol. The maximum Gasteiger partial charge on any atom is 0.410 e. The summed E-state index contributed by atoms with van der Waals surface area (Å²) in [5.74, 6) is -0.931. The fourth-order valence-corrected chi connectivity index (χ4v) is 3.36. The zero-order valence-corrected chi connectivity index (χ0v) is 14.1. The van der Waals surface area contributed by atoms with E-state index in [-0.39, 0.29) is 24.7 Å². The molecule has 1 N–H and O–H groups in total. The molecule has 3 rings (SSSR count). The van der Waals surface area contributed by atoms with Gasteiger partial charge in [-0.15, -0.1) is 0 Å². The van der Waals surface area contributed by atoms with Gasteiger partial charge in [0.25, 0.3) is 0 Å². The Bertz CT molecular complexity index is 759. The molecule has 2 atom stereocenters. The molecule has 1 aliphatic rings. The van der Waals surface area contributed by atoms with E-state index >= 15 is 0 Å². The molecule has 0 aliphatic carbocycles. The third-order valence-electron chi connectivity index (χ3n) is 4.65. The van der Waals surface area contributed by atoms with Gasteiger partial charge in [-0.05, 0) is 30.5 Å². The number of amides is 1. The van der Waals surface area contributed by atoms with Crippen LogP contribution in [0.2, 0.25) is 0 Å². The first kappa shape index (κ1) is 17.0. The van der Waals surface area contributed by atoms with E-state index in [1.54, 1.807) is 17.0 Å². The van der Waals surface area contributed by atoms with Gasteiger partial charge in [-0.3, -0.25) is 0 Å². The molecule has 1 fully saturated rings. The Morgan fingerprint density at radius 2 is 1.80 bits per heavy atom. The van der Waals surface area contributed by atoms with Crippen LogP contribution < -0.4 is 0 Å². The molecule has 0 aromatic heterocycles. The predicted molar refractivity (Wildman–Crippen MR) is 93.6 cm³/mol. The van der Waals surface area contributed by atoms with Gasteiger partial charge in [0.2, 0.25) is 0 Å². The molecule has 0 saturated carbocycles. The number of carboxylic acids is 1. The van der Waals surface area contributed by atoms with Crippen molar-refractivity contribution in [1.82, 2.24) is 4.90 Å². The molecule has 1 saturated heterocycles. The van der Waals surface area contributed by atoms with Gasteiger partial charge in [0.05, 0.1) is 5.56 Å². The van der Waals surface area contributed by atoms with Crippen LogP contribution in [0, 0.1) is 0 Å². The summed E-state index contributed by atoms with van der Waals surface area (Å²) in [6.45, 7) is 2.67. The van der Waals surface area contributed by atoms with Crippen LogP contribution in [0.5, 0.6) is 0 Å². The van der Waals surface area contributed by atoms with Crippen molar-refractivity contribution in [2.45, 2.75) is 31.9 Å². The Labute approximate surface area is 146 Å². The molecule has 2 aromatic rings. The number of nitrogens with zero attached hydrogens (tertiary/aromatic N) is 1. The number of likely N-dealkylation sites (tertiary alicyclic amines) is 1. The first-order valence-electron chi connectivity index (χ1n) is 8.36. The van der Waals surface area contributed by atoms with E-state index in [0.717, 1.165) is 17.5 Å². The van der Waals surface area contributed by atoms with Crippen molar-refractivity contribution in [3.63, 3.8) is 0 Å². The molecule has 0 radical (unpaired) electrons. The Balaban J connectivity index is 1.67. The number of carbonyl (C=O) groups excluding carboxylic acids is 1. The van der Waals surface area contributed by atoms with E-state index in [2.05, 4.69) is 0 Å². The van der Waals surface area contributed by atoms with E-state index in [0.29, 0.717) is 12.1 Å². The molecule has 5 heteroatoms. The van der Waals surface area contributed by atoms with E-state index in [1.165, 1.54) is 0 Å². The zero-order chi connectivity index (χ0) is 17.8. The van der Waals surface area contributed by atoms with E-state index < -0.39 is 5.97 Å². The lowest BCUT2D eigenvalue weighted by Crippen LogP contribution is -2.34. The van der Waals surface area contributed by atoms with E-state index in [1.807, 2.05) is 49.4 Å². The molecular weight excluding hydrogens is 318 g/mol. The topological polar surface area (TPSA) is 66.8 Å². The number of rotatable bonds is 4. The van der Waals surface area contributed by atoms with Crippen LogP contribution in [0.15, 0.2) is 54.6 Å². The molecule has 1 heterocycles. The van der Waals surface area contributed by atoms with E-state index in [4.69, 9.17) is 4.74 Å². The van der Waals surface area contributed by atoms with Crippen molar-refractivity contribution in [3.05, 3.63) is 71.3 Å². The number of carboxylic acid groups (broad SMARTS) is 1. The van der Waals surface area contributed by atoms with E-state index in [9.17, 15) is 14.7 Å². The van der Waals surface area contributed by atoms with Gasteiger partial charge in [0.1, 0.15) is 6.61 Å². The first-order chi connectivity index (χ1) is 12.1. The average Bonchev–Trinajstić information content (AvgIpc) is 3.02. The third kappa shape index (κ3) is 3.82. The second kappa shape index (κ2) is 7.38. The lowest BCUT2D eigenvalue weighted by Gasteiger charge is -2.21. The lowest BCUT2D eigenvalue weighted by molar-refractivity contribution is 0.0695.